The molecule has 0 aliphatic carbocycles. The third-order valence-corrected chi connectivity index (χ3v) is 5.08. The lowest BCUT2D eigenvalue weighted by atomic mass is 9.97. The molecule has 2 rings (SSSR count). The minimum absolute atomic E-state index is 0.312. The fraction of sp³-hybridized carbons (Fsp3) is 0.375. The SMILES string of the molecule is CCCNC(c1cccs1)c1cc(C)c(Br)cc1C. The van der Waals surface area contributed by atoms with E-state index in [1.807, 2.05) is 11.3 Å². The first-order chi connectivity index (χ1) is 9.13. The van der Waals surface area contributed by atoms with E-state index in [4.69, 9.17) is 0 Å². The summed E-state index contributed by atoms with van der Waals surface area (Å²) in [6.07, 6.45) is 1.15. The van der Waals surface area contributed by atoms with Crippen LogP contribution in [0.4, 0.5) is 0 Å². The molecular formula is C16H20BrNS. The molecule has 2 aromatic rings. The summed E-state index contributed by atoms with van der Waals surface area (Å²) in [6, 6.07) is 9.17. The molecule has 0 amide bonds. The van der Waals surface area contributed by atoms with Gasteiger partial charge in [0.15, 0.2) is 0 Å². The molecule has 1 nitrogen and oxygen atoms in total. The molecule has 0 saturated heterocycles. The minimum atomic E-state index is 0.312. The number of halogens is 1. The molecular weight excluding hydrogens is 318 g/mol. The Morgan fingerprint density at radius 1 is 1.26 bits per heavy atom. The van der Waals surface area contributed by atoms with Crippen LogP contribution in [-0.4, -0.2) is 6.54 Å². The largest absolute Gasteiger partial charge is 0.306 e. The van der Waals surface area contributed by atoms with Crippen molar-refractivity contribution in [1.82, 2.24) is 5.32 Å². The number of benzene rings is 1. The van der Waals surface area contributed by atoms with E-state index in [9.17, 15) is 0 Å². The van der Waals surface area contributed by atoms with Crippen LogP contribution >= 0.6 is 27.3 Å². The molecule has 0 aliphatic heterocycles. The topological polar surface area (TPSA) is 12.0 Å². The van der Waals surface area contributed by atoms with Crippen LogP contribution in [-0.2, 0) is 0 Å². The van der Waals surface area contributed by atoms with Crippen LogP contribution in [0, 0.1) is 13.8 Å². The lowest BCUT2D eigenvalue weighted by molar-refractivity contribution is 0.603. The zero-order valence-corrected chi connectivity index (χ0v) is 14.1. The van der Waals surface area contributed by atoms with Gasteiger partial charge in [-0.25, -0.2) is 0 Å². The van der Waals surface area contributed by atoms with Crippen molar-refractivity contribution in [1.29, 1.82) is 0 Å². The highest BCUT2D eigenvalue weighted by Gasteiger charge is 2.17. The molecule has 0 fully saturated rings. The Balaban J connectivity index is 2.40. The van der Waals surface area contributed by atoms with Gasteiger partial charge in [0.05, 0.1) is 6.04 Å². The van der Waals surface area contributed by atoms with Crippen LogP contribution in [0.5, 0.6) is 0 Å². The standard InChI is InChI=1S/C16H20BrNS/c1-4-7-18-16(15-6-5-8-19-15)13-9-12(3)14(17)10-11(13)2/h5-6,8-10,16,18H,4,7H2,1-3H3. The van der Waals surface area contributed by atoms with Gasteiger partial charge in [-0.05, 0) is 61.0 Å². The van der Waals surface area contributed by atoms with Gasteiger partial charge in [-0.2, -0.15) is 0 Å². The van der Waals surface area contributed by atoms with Crippen LogP contribution < -0.4 is 5.32 Å². The van der Waals surface area contributed by atoms with Crippen molar-refractivity contribution >= 4 is 27.3 Å². The Morgan fingerprint density at radius 2 is 2.05 bits per heavy atom. The summed E-state index contributed by atoms with van der Waals surface area (Å²) in [5, 5.41) is 5.82. The predicted octanol–water partition coefficient (Wildman–Crippen LogP) is 5.22. The average Bonchev–Trinajstić information content (AvgIpc) is 2.89. The van der Waals surface area contributed by atoms with Crippen molar-refractivity contribution in [2.75, 3.05) is 6.54 Å². The molecule has 0 saturated carbocycles. The maximum atomic E-state index is 3.67. The van der Waals surface area contributed by atoms with Gasteiger partial charge in [0, 0.05) is 9.35 Å². The van der Waals surface area contributed by atoms with Crippen molar-refractivity contribution in [3.05, 3.63) is 55.7 Å². The molecule has 0 aliphatic rings. The summed E-state index contributed by atoms with van der Waals surface area (Å²) in [5.41, 5.74) is 4.01. The fourth-order valence-electron chi connectivity index (χ4n) is 2.22. The summed E-state index contributed by atoms with van der Waals surface area (Å²) in [7, 11) is 0. The predicted molar refractivity (Wildman–Crippen MR) is 88.1 cm³/mol. The smallest absolute Gasteiger partial charge is 0.0673 e. The summed E-state index contributed by atoms with van der Waals surface area (Å²) < 4.78 is 1.19. The molecule has 1 N–H and O–H groups in total. The lowest BCUT2D eigenvalue weighted by Crippen LogP contribution is -2.23. The van der Waals surface area contributed by atoms with Crippen LogP contribution in [0.25, 0.3) is 0 Å². The van der Waals surface area contributed by atoms with Gasteiger partial charge >= 0.3 is 0 Å². The van der Waals surface area contributed by atoms with Gasteiger partial charge in [0.2, 0.25) is 0 Å². The van der Waals surface area contributed by atoms with Crippen molar-refractivity contribution in [3.63, 3.8) is 0 Å². The summed E-state index contributed by atoms with van der Waals surface area (Å²) in [6.45, 7) is 7.58. The van der Waals surface area contributed by atoms with E-state index in [2.05, 4.69) is 71.7 Å². The molecule has 1 atom stereocenters. The molecule has 1 aromatic carbocycles. The molecule has 3 heteroatoms. The highest BCUT2D eigenvalue weighted by molar-refractivity contribution is 9.10. The maximum Gasteiger partial charge on any atom is 0.0673 e. The van der Waals surface area contributed by atoms with Gasteiger partial charge in [-0.15, -0.1) is 11.3 Å². The highest BCUT2D eigenvalue weighted by atomic mass is 79.9. The van der Waals surface area contributed by atoms with E-state index >= 15 is 0 Å². The fourth-order valence-corrected chi connectivity index (χ4v) is 3.50. The second-order valence-electron chi connectivity index (χ2n) is 4.86. The molecule has 1 heterocycles. The first-order valence-corrected chi connectivity index (χ1v) is 8.34. The molecule has 0 radical (unpaired) electrons. The van der Waals surface area contributed by atoms with Crippen molar-refractivity contribution in [2.45, 2.75) is 33.2 Å². The molecule has 1 aromatic heterocycles. The molecule has 0 spiro atoms. The highest BCUT2D eigenvalue weighted by Crippen LogP contribution is 2.31. The molecule has 1 unspecified atom stereocenters. The van der Waals surface area contributed by atoms with Crippen molar-refractivity contribution in [3.8, 4) is 0 Å². The Hall–Kier alpha value is -0.640. The van der Waals surface area contributed by atoms with Gasteiger partial charge in [-0.1, -0.05) is 35.0 Å². The zero-order valence-electron chi connectivity index (χ0n) is 11.7. The number of aryl methyl sites for hydroxylation is 2. The second-order valence-corrected chi connectivity index (χ2v) is 6.69. The normalized spacial score (nSPS) is 12.6. The van der Waals surface area contributed by atoms with Crippen molar-refractivity contribution < 1.29 is 0 Å². The van der Waals surface area contributed by atoms with E-state index in [0.29, 0.717) is 6.04 Å². The van der Waals surface area contributed by atoms with Crippen molar-refractivity contribution in [2.24, 2.45) is 0 Å². The summed E-state index contributed by atoms with van der Waals surface area (Å²) in [4.78, 5) is 1.39. The van der Waals surface area contributed by atoms with E-state index in [1.165, 1.54) is 26.0 Å². The van der Waals surface area contributed by atoms with Gasteiger partial charge in [0.1, 0.15) is 0 Å². The van der Waals surface area contributed by atoms with Crippen LogP contribution in [0.1, 0.15) is 41.0 Å². The first-order valence-electron chi connectivity index (χ1n) is 6.67. The average molecular weight is 338 g/mol. The lowest BCUT2D eigenvalue weighted by Gasteiger charge is -2.21. The van der Waals surface area contributed by atoms with Crippen LogP contribution in [0.2, 0.25) is 0 Å². The Morgan fingerprint density at radius 3 is 2.68 bits per heavy atom. The number of hydrogen-bond acceptors (Lipinski definition) is 2. The van der Waals surface area contributed by atoms with E-state index in [0.717, 1.165) is 13.0 Å². The van der Waals surface area contributed by atoms with Crippen LogP contribution in [0.3, 0.4) is 0 Å². The van der Waals surface area contributed by atoms with Gasteiger partial charge < -0.3 is 5.32 Å². The number of rotatable bonds is 5. The number of nitrogens with one attached hydrogen (secondary N) is 1. The summed E-state index contributed by atoms with van der Waals surface area (Å²) >= 11 is 5.43. The molecule has 102 valence electrons. The third kappa shape index (κ3) is 3.47. The third-order valence-electron chi connectivity index (χ3n) is 3.28. The first kappa shape index (κ1) is 14.8. The van der Waals surface area contributed by atoms with Gasteiger partial charge in [0.25, 0.3) is 0 Å². The maximum absolute atomic E-state index is 3.67. The Kier molecular flexibility index (Phi) is 5.20. The second kappa shape index (κ2) is 6.69. The molecule has 0 bridgehead atoms. The van der Waals surface area contributed by atoms with E-state index in [-0.39, 0.29) is 0 Å². The minimum Gasteiger partial charge on any atom is -0.306 e. The van der Waals surface area contributed by atoms with Gasteiger partial charge in [-0.3, -0.25) is 0 Å². The monoisotopic (exact) mass is 337 g/mol. The van der Waals surface area contributed by atoms with Crippen LogP contribution in [0.15, 0.2) is 34.1 Å². The quantitative estimate of drug-likeness (QED) is 0.788. The molecule has 19 heavy (non-hydrogen) atoms. The van der Waals surface area contributed by atoms with E-state index < -0.39 is 0 Å². The Bertz CT molecular complexity index is 534. The number of hydrogen-bond donors (Lipinski definition) is 1. The van der Waals surface area contributed by atoms with E-state index in [1.54, 1.807) is 0 Å². The number of thiophene rings is 1. The zero-order chi connectivity index (χ0) is 13.8. The summed E-state index contributed by atoms with van der Waals surface area (Å²) in [5.74, 6) is 0. The Labute approximate surface area is 128 Å².